The van der Waals surface area contributed by atoms with Crippen molar-refractivity contribution in [2.45, 2.75) is 24.2 Å². The van der Waals surface area contributed by atoms with E-state index in [-0.39, 0.29) is 10.8 Å². The van der Waals surface area contributed by atoms with E-state index in [9.17, 15) is 13.2 Å². The third kappa shape index (κ3) is 2.91. The van der Waals surface area contributed by atoms with Crippen LogP contribution < -0.4 is 0 Å². The summed E-state index contributed by atoms with van der Waals surface area (Å²) in [6, 6.07) is 13.2. The number of para-hydroxylation sites is 1. The summed E-state index contributed by atoms with van der Waals surface area (Å²) in [4.78, 5) is 12.9. The molecule has 134 valence electrons. The van der Waals surface area contributed by atoms with Gasteiger partial charge in [-0.2, -0.15) is 8.99 Å². The maximum Gasteiger partial charge on any atom is 0.280 e. The smallest absolute Gasteiger partial charge is 0.267 e. The number of piperidine rings is 1. The maximum absolute atomic E-state index is 12.7. The van der Waals surface area contributed by atoms with Gasteiger partial charge in [0.25, 0.3) is 5.91 Å². The number of fused-ring (bicyclic) bond motifs is 1. The summed E-state index contributed by atoms with van der Waals surface area (Å²) in [5, 5.41) is 7.88. The topological polar surface area (TPSA) is 85.2 Å². The first-order valence-electron chi connectivity index (χ1n) is 8.53. The van der Waals surface area contributed by atoms with E-state index < -0.39 is 10.0 Å². The molecular weight excluding hydrogens is 352 g/mol. The van der Waals surface area contributed by atoms with Crippen LogP contribution in [-0.4, -0.2) is 46.7 Å². The molecule has 3 aromatic rings. The number of carbonyl (C=O) groups is 1. The Bertz CT molecular complexity index is 1050. The van der Waals surface area contributed by atoms with Gasteiger partial charge in [0, 0.05) is 18.7 Å². The fourth-order valence-electron chi connectivity index (χ4n) is 3.17. The van der Waals surface area contributed by atoms with E-state index in [4.69, 9.17) is 0 Å². The molecule has 1 aliphatic heterocycles. The molecule has 0 amide bonds. The van der Waals surface area contributed by atoms with Gasteiger partial charge in [-0.3, -0.25) is 4.79 Å². The molecule has 2 heterocycles. The van der Waals surface area contributed by atoms with Crippen LogP contribution in [0, 0.1) is 0 Å². The first-order chi connectivity index (χ1) is 12.6. The zero-order valence-electron chi connectivity index (χ0n) is 14.1. The molecule has 0 atom stereocenters. The summed E-state index contributed by atoms with van der Waals surface area (Å²) in [7, 11) is -3.51. The van der Waals surface area contributed by atoms with Gasteiger partial charge in [-0.1, -0.05) is 23.8 Å². The molecule has 0 radical (unpaired) electrons. The molecule has 8 heteroatoms. The van der Waals surface area contributed by atoms with E-state index in [0.29, 0.717) is 29.7 Å². The second-order valence-electron chi connectivity index (χ2n) is 6.28. The van der Waals surface area contributed by atoms with Crippen molar-refractivity contribution in [2.75, 3.05) is 13.1 Å². The second-order valence-corrected chi connectivity index (χ2v) is 8.22. The Morgan fingerprint density at radius 1 is 0.923 bits per heavy atom. The molecule has 0 saturated carbocycles. The predicted octanol–water partition coefficient (Wildman–Crippen LogP) is 2.29. The number of nitrogens with zero attached hydrogens (tertiary/aromatic N) is 4. The fraction of sp³-hybridized carbons (Fsp3) is 0.278. The quantitative estimate of drug-likeness (QED) is 0.706. The van der Waals surface area contributed by atoms with E-state index in [0.717, 1.165) is 19.3 Å². The van der Waals surface area contributed by atoms with E-state index >= 15 is 0 Å². The minimum Gasteiger partial charge on any atom is -0.267 e. The lowest BCUT2D eigenvalue weighted by molar-refractivity contribution is 0.0948. The Labute approximate surface area is 151 Å². The number of carbonyl (C=O) groups excluding carboxylic acids is 1. The summed E-state index contributed by atoms with van der Waals surface area (Å²) in [5.74, 6) is -0.347. The molecule has 1 saturated heterocycles. The summed E-state index contributed by atoms with van der Waals surface area (Å²) >= 11 is 0. The van der Waals surface area contributed by atoms with Gasteiger partial charge in [0.05, 0.1) is 10.4 Å². The van der Waals surface area contributed by atoms with Crippen LogP contribution in [0.15, 0.2) is 53.4 Å². The van der Waals surface area contributed by atoms with Crippen LogP contribution in [0.1, 0.15) is 29.6 Å². The minimum atomic E-state index is -3.51. The lowest BCUT2D eigenvalue weighted by atomic mass is 10.2. The highest BCUT2D eigenvalue weighted by molar-refractivity contribution is 7.89. The third-order valence-corrected chi connectivity index (χ3v) is 6.51. The van der Waals surface area contributed by atoms with Gasteiger partial charge < -0.3 is 0 Å². The fourth-order valence-corrected chi connectivity index (χ4v) is 4.68. The number of benzene rings is 2. The summed E-state index contributed by atoms with van der Waals surface area (Å²) < 4.78 is 28.1. The van der Waals surface area contributed by atoms with E-state index in [1.54, 1.807) is 12.1 Å². The molecule has 0 N–H and O–H groups in total. The van der Waals surface area contributed by atoms with Gasteiger partial charge >= 0.3 is 0 Å². The molecule has 0 bridgehead atoms. The number of hydrogen-bond acceptors (Lipinski definition) is 5. The summed E-state index contributed by atoms with van der Waals surface area (Å²) in [6.07, 6.45) is 2.83. The van der Waals surface area contributed by atoms with Gasteiger partial charge in [0.1, 0.15) is 5.52 Å². The van der Waals surface area contributed by atoms with Crippen LogP contribution in [0.5, 0.6) is 0 Å². The standard InChI is InChI=1S/C18H18N4O3S/c23-18(22-17-7-3-2-6-16(17)19-20-22)14-8-10-15(11-9-14)26(24,25)21-12-4-1-5-13-21/h2-3,6-11H,1,4-5,12-13H2. The van der Waals surface area contributed by atoms with Crippen LogP contribution in [0.3, 0.4) is 0 Å². The number of aromatic nitrogens is 3. The second kappa shape index (κ2) is 6.62. The Kier molecular flexibility index (Phi) is 4.29. The Morgan fingerprint density at radius 3 is 2.35 bits per heavy atom. The Morgan fingerprint density at radius 2 is 1.62 bits per heavy atom. The molecule has 7 nitrogen and oxygen atoms in total. The lowest BCUT2D eigenvalue weighted by Crippen LogP contribution is -2.35. The number of hydrogen-bond donors (Lipinski definition) is 0. The highest BCUT2D eigenvalue weighted by atomic mass is 32.2. The zero-order chi connectivity index (χ0) is 18.1. The molecule has 1 aromatic heterocycles. The van der Waals surface area contributed by atoms with Gasteiger partial charge in [0.2, 0.25) is 10.0 Å². The van der Waals surface area contributed by atoms with E-state index in [1.165, 1.54) is 33.3 Å². The van der Waals surface area contributed by atoms with Crippen molar-refractivity contribution in [1.29, 1.82) is 0 Å². The van der Waals surface area contributed by atoms with Crippen LogP contribution in [-0.2, 0) is 10.0 Å². The predicted molar refractivity (Wildman–Crippen MR) is 96.3 cm³/mol. The van der Waals surface area contributed by atoms with E-state index in [2.05, 4.69) is 10.3 Å². The normalized spacial score (nSPS) is 16.0. The average Bonchev–Trinajstić information content (AvgIpc) is 3.12. The van der Waals surface area contributed by atoms with Gasteiger partial charge in [-0.25, -0.2) is 8.42 Å². The van der Waals surface area contributed by atoms with Crippen molar-refractivity contribution >= 4 is 27.0 Å². The zero-order valence-corrected chi connectivity index (χ0v) is 14.9. The molecule has 1 aliphatic rings. The minimum absolute atomic E-state index is 0.208. The Balaban J connectivity index is 1.62. The molecule has 0 aliphatic carbocycles. The van der Waals surface area contributed by atoms with Crippen LogP contribution in [0.4, 0.5) is 0 Å². The first kappa shape index (κ1) is 16.9. The molecule has 2 aromatic carbocycles. The third-order valence-electron chi connectivity index (χ3n) is 4.60. The molecule has 0 spiro atoms. The Hall–Kier alpha value is -2.58. The number of sulfonamides is 1. The van der Waals surface area contributed by atoms with Gasteiger partial charge in [0.15, 0.2) is 0 Å². The summed E-state index contributed by atoms with van der Waals surface area (Å²) in [6.45, 7) is 1.10. The first-order valence-corrected chi connectivity index (χ1v) is 9.97. The van der Waals surface area contributed by atoms with Gasteiger partial charge in [-0.05, 0) is 49.2 Å². The largest absolute Gasteiger partial charge is 0.280 e. The van der Waals surface area contributed by atoms with Crippen molar-refractivity contribution in [3.05, 3.63) is 54.1 Å². The lowest BCUT2D eigenvalue weighted by Gasteiger charge is -2.25. The summed E-state index contributed by atoms with van der Waals surface area (Å²) in [5.41, 5.74) is 1.60. The van der Waals surface area contributed by atoms with Gasteiger partial charge in [-0.15, -0.1) is 5.10 Å². The SMILES string of the molecule is O=C(c1ccc(S(=O)(=O)N2CCCCC2)cc1)n1nnc2ccccc21. The number of rotatable bonds is 3. The van der Waals surface area contributed by atoms with Crippen LogP contribution in [0.25, 0.3) is 11.0 Å². The van der Waals surface area contributed by atoms with Crippen molar-refractivity contribution in [3.8, 4) is 0 Å². The highest BCUT2D eigenvalue weighted by Gasteiger charge is 2.26. The molecule has 4 rings (SSSR count). The molecular formula is C18H18N4O3S. The maximum atomic E-state index is 12.7. The average molecular weight is 370 g/mol. The van der Waals surface area contributed by atoms with Crippen molar-refractivity contribution in [1.82, 2.24) is 19.3 Å². The van der Waals surface area contributed by atoms with Crippen LogP contribution >= 0.6 is 0 Å². The molecule has 26 heavy (non-hydrogen) atoms. The molecule has 0 unspecified atom stereocenters. The molecule has 1 fully saturated rings. The van der Waals surface area contributed by atoms with E-state index in [1.807, 2.05) is 12.1 Å². The van der Waals surface area contributed by atoms with Crippen molar-refractivity contribution < 1.29 is 13.2 Å². The van der Waals surface area contributed by atoms with Crippen LogP contribution in [0.2, 0.25) is 0 Å². The monoisotopic (exact) mass is 370 g/mol. The van der Waals surface area contributed by atoms with Crippen molar-refractivity contribution in [3.63, 3.8) is 0 Å². The highest BCUT2D eigenvalue weighted by Crippen LogP contribution is 2.21. The van der Waals surface area contributed by atoms with Crippen molar-refractivity contribution in [2.24, 2.45) is 0 Å².